The number of Topliss-reactive ketones (excluding diaryl/α,β-unsaturated/α-hetero) is 1. The topological polar surface area (TPSA) is 17.1 Å². The minimum Gasteiger partial charge on any atom is -0.294 e. The second-order valence-corrected chi connectivity index (χ2v) is 4.55. The molecule has 0 N–H and O–H groups in total. The van der Waals surface area contributed by atoms with Crippen LogP contribution in [0.5, 0.6) is 0 Å². The van der Waals surface area contributed by atoms with Gasteiger partial charge in [0.1, 0.15) is 5.82 Å². The average molecular weight is 242 g/mol. The zero-order chi connectivity index (χ0) is 13.1. The van der Waals surface area contributed by atoms with E-state index in [0.717, 1.165) is 11.1 Å². The van der Waals surface area contributed by atoms with Gasteiger partial charge in [-0.25, -0.2) is 4.39 Å². The van der Waals surface area contributed by atoms with Crippen molar-refractivity contribution in [2.45, 2.75) is 20.3 Å². The van der Waals surface area contributed by atoms with Gasteiger partial charge in [0, 0.05) is 12.0 Å². The SMILES string of the molecule is Cc1cccc(CC(=O)c2ccc(F)cc2C)c1. The van der Waals surface area contributed by atoms with Gasteiger partial charge in [0.15, 0.2) is 5.78 Å². The summed E-state index contributed by atoms with van der Waals surface area (Å²) in [5.74, 6) is -0.280. The molecule has 0 saturated carbocycles. The van der Waals surface area contributed by atoms with Crippen molar-refractivity contribution in [3.63, 3.8) is 0 Å². The van der Waals surface area contributed by atoms with Crippen LogP contribution < -0.4 is 0 Å². The monoisotopic (exact) mass is 242 g/mol. The average Bonchev–Trinajstić information content (AvgIpc) is 2.28. The van der Waals surface area contributed by atoms with Crippen molar-refractivity contribution in [1.82, 2.24) is 0 Å². The largest absolute Gasteiger partial charge is 0.294 e. The van der Waals surface area contributed by atoms with Crippen molar-refractivity contribution in [3.8, 4) is 0 Å². The second kappa shape index (κ2) is 5.13. The Balaban J connectivity index is 2.22. The molecule has 2 aromatic carbocycles. The Labute approximate surface area is 106 Å². The second-order valence-electron chi connectivity index (χ2n) is 4.55. The fourth-order valence-corrected chi connectivity index (χ4v) is 2.04. The minimum atomic E-state index is -0.306. The summed E-state index contributed by atoms with van der Waals surface area (Å²) in [4.78, 5) is 12.1. The Morgan fingerprint density at radius 1 is 1.11 bits per heavy atom. The van der Waals surface area contributed by atoms with Crippen LogP contribution in [0.1, 0.15) is 27.0 Å². The van der Waals surface area contributed by atoms with Gasteiger partial charge in [0.2, 0.25) is 0 Å². The van der Waals surface area contributed by atoms with Gasteiger partial charge >= 0.3 is 0 Å². The van der Waals surface area contributed by atoms with Crippen molar-refractivity contribution < 1.29 is 9.18 Å². The van der Waals surface area contributed by atoms with Gasteiger partial charge in [-0.3, -0.25) is 4.79 Å². The molecule has 0 fully saturated rings. The standard InChI is InChI=1S/C16H15FO/c1-11-4-3-5-13(8-11)10-16(18)15-7-6-14(17)9-12(15)2/h3-9H,10H2,1-2H3. The molecule has 0 amide bonds. The molecule has 2 aromatic rings. The van der Waals surface area contributed by atoms with E-state index >= 15 is 0 Å². The van der Waals surface area contributed by atoms with Crippen LogP contribution in [0.3, 0.4) is 0 Å². The number of carbonyl (C=O) groups excluding carboxylic acids is 1. The molecule has 0 spiro atoms. The van der Waals surface area contributed by atoms with Crippen molar-refractivity contribution in [2.24, 2.45) is 0 Å². The Hall–Kier alpha value is -1.96. The number of ketones is 1. The molecule has 0 atom stereocenters. The van der Waals surface area contributed by atoms with E-state index in [0.29, 0.717) is 17.5 Å². The predicted molar refractivity (Wildman–Crippen MR) is 70.4 cm³/mol. The number of carbonyl (C=O) groups is 1. The van der Waals surface area contributed by atoms with E-state index in [-0.39, 0.29) is 11.6 Å². The highest BCUT2D eigenvalue weighted by molar-refractivity contribution is 5.98. The zero-order valence-electron chi connectivity index (χ0n) is 10.5. The summed E-state index contributed by atoms with van der Waals surface area (Å²) in [5, 5.41) is 0. The molecule has 18 heavy (non-hydrogen) atoms. The van der Waals surface area contributed by atoms with Gasteiger partial charge in [-0.15, -0.1) is 0 Å². The molecule has 0 saturated heterocycles. The van der Waals surface area contributed by atoms with Gasteiger partial charge in [0.05, 0.1) is 0 Å². The number of benzene rings is 2. The van der Waals surface area contributed by atoms with E-state index in [2.05, 4.69) is 0 Å². The van der Waals surface area contributed by atoms with Crippen LogP contribution in [0.4, 0.5) is 4.39 Å². The summed E-state index contributed by atoms with van der Waals surface area (Å²) >= 11 is 0. The lowest BCUT2D eigenvalue weighted by Gasteiger charge is -2.06. The first-order valence-corrected chi connectivity index (χ1v) is 5.91. The van der Waals surface area contributed by atoms with Crippen LogP contribution in [0.15, 0.2) is 42.5 Å². The highest BCUT2D eigenvalue weighted by Crippen LogP contribution is 2.14. The van der Waals surface area contributed by atoms with Crippen molar-refractivity contribution >= 4 is 5.78 Å². The van der Waals surface area contributed by atoms with Crippen molar-refractivity contribution in [2.75, 3.05) is 0 Å². The predicted octanol–water partition coefficient (Wildman–Crippen LogP) is 3.87. The van der Waals surface area contributed by atoms with Crippen LogP contribution in [0.25, 0.3) is 0 Å². The molecule has 92 valence electrons. The normalized spacial score (nSPS) is 10.4. The maximum Gasteiger partial charge on any atom is 0.167 e. The van der Waals surface area contributed by atoms with Crippen molar-refractivity contribution in [1.29, 1.82) is 0 Å². The number of rotatable bonds is 3. The van der Waals surface area contributed by atoms with E-state index in [1.54, 1.807) is 13.0 Å². The molecule has 0 unspecified atom stereocenters. The first kappa shape index (κ1) is 12.5. The van der Waals surface area contributed by atoms with Gasteiger partial charge in [-0.05, 0) is 43.2 Å². The third-order valence-electron chi connectivity index (χ3n) is 2.94. The lowest BCUT2D eigenvalue weighted by molar-refractivity contribution is 0.0992. The van der Waals surface area contributed by atoms with Crippen molar-refractivity contribution in [3.05, 3.63) is 70.5 Å². The third kappa shape index (κ3) is 2.83. The number of hydrogen-bond acceptors (Lipinski definition) is 1. The highest BCUT2D eigenvalue weighted by atomic mass is 19.1. The summed E-state index contributed by atoms with van der Waals surface area (Å²) in [7, 11) is 0. The summed E-state index contributed by atoms with van der Waals surface area (Å²) in [6.45, 7) is 3.75. The van der Waals surface area contributed by atoms with E-state index < -0.39 is 0 Å². The van der Waals surface area contributed by atoms with Gasteiger partial charge < -0.3 is 0 Å². The number of hydrogen-bond donors (Lipinski definition) is 0. The fourth-order valence-electron chi connectivity index (χ4n) is 2.04. The van der Waals surface area contributed by atoms with Gasteiger partial charge in [0.25, 0.3) is 0 Å². The Kier molecular flexibility index (Phi) is 3.56. The first-order chi connectivity index (χ1) is 8.56. The lowest BCUT2D eigenvalue weighted by atomic mass is 9.98. The molecular formula is C16H15FO. The van der Waals surface area contributed by atoms with Crippen LogP contribution in [0.2, 0.25) is 0 Å². The van der Waals surface area contributed by atoms with Gasteiger partial charge in [-0.2, -0.15) is 0 Å². The van der Waals surface area contributed by atoms with E-state index in [4.69, 9.17) is 0 Å². The smallest absolute Gasteiger partial charge is 0.167 e. The van der Waals surface area contributed by atoms with Crippen LogP contribution in [0, 0.1) is 19.7 Å². The molecule has 0 heterocycles. The molecule has 0 bridgehead atoms. The number of halogens is 1. The Morgan fingerprint density at radius 3 is 2.56 bits per heavy atom. The fraction of sp³-hybridized carbons (Fsp3) is 0.188. The highest BCUT2D eigenvalue weighted by Gasteiger charge is 2.10. The van der Waals surface area contributed by atoms with Gasteiger partial charge in [-0.1, -0.05) is 29.8 Å². The Morgan fingerprint density at radius 2 is 1.89 bits per heavy atom. The molecule has 0 aliphatic carbocycles. The number of aryl methyl sites for hydroxylation is 2. The summed E-state index contributed by atoms with van der Waals surface area (Å²) in [6, 6.07) is 12.1. The molecule has 2 heteroatoms. The summed E-state index contributed by atoms with van der Waals surface area (Å²) < 4.78 is 13.0. The first-order valence-electron chi connectivity index (χ1n) is 5.91. The third-order valence-corrected chi connectivity index (χ3v) is 2.94. The molecule has 2 rings (SSSR count). The van der Waals surface area contributed by atoms with E-state index in [1.165, 1.54) is 12.1 Å². The molecule has 0 aliphatic heterocycles. The van der Waals surface area contributed by atoms with E-state index in [1.807, 2.05) is 31.2 Å². The summed E-state index contributed by atoms with van der Waals surface area (Å²) in [6.07, 6.45) is 0.355. The Bertz CT molecular complexity index is 587. The zero-order valence-corrected chi connectivity index (χ0v) is 10.5. The minimum absolute atomic E-state index is 0.0260. The maximum absolute atomic E-state index is 13.0. The van der Waals surface area contributed by atoms with Crippen LogP contribution in [-0.4, -0.2) is 5.78 Å². The molecule has 1 nitrogen and oxygen atoms in total. The van der Waals surface area contributed by atoms with E-state index in [9.17, 15) is 9.18 Å². The maximum atomic E-state index is 13.0. The molecule has 0 aliphatic rings. The summed E-state index contributed by atoms with van der Waals surface area (Å²) in [5.41, 5.74) is 3.41. The van der Waals surface area contributed by atoms with Crippen LogP contribution in [-0.2, 0) is 6.42 Å². The quantitative estimate of drug-likeness (QED) is 0.747. The lowest BCUT2D eigenvalue weighted by Crippen LogP contribution is -2.06. The molecule has 0 aromatic heterocycles. The van der Waals surface area contributed by atoms with Crippen LogP contribution >= 0.6 is 0 Å². The molecule has 0 radical (unpaired) electrons. The molecular weight excluding hydrogens is 227 g/mol.